The number of benzene rings is 2. The van der Waals surface area contributed by atoms with E-state index in [4.69, 9.17) is 9.47 Å². The molecule has 0 radical (unpaired) electrons. The number of aromatic nitrogens is 3. The maximum absolute atomic E-state index is 12.5. The summed E-state index contributed by atoms with van der Waals surface area (Å²) in [5, 5.41) is 4.02. The lowest BCUT2D eigenvalue weighted by atomic mass is 10.1. The van der Waals surface area contributed by atoms with Gasteiger partial charge in [-0.1, -0.05) is 0 Å². The Morgan fingerprint density at radius 1 is 1.04 bits per heavy atom. The Hall–Kier alpha value is -3.48. The Balaban J connectivity index is 1.63. The van der Waals surface area contributed by atoms with Crippen molar-refractivity contribution < 1.29 is 19.1 Å². The van der Waals surface area contributed by atoms with E-state index in [1.807, 2.05) is 6.92 Å². The molecule has 0 spiro atoms. The number of carbonyl (C=O) groups excluding carboxylic acids is 2. The molecule has 138 valence electrons. The Kier molecular flexibility index (Phi) is 5.61. The fourth-order valence-electron chi connectivity index (χ4n) is 2.49. The molecule has 27 heavy (non-hydrogen) atoms. The van der Waals surface area contributed by atoms with E-state index in [0.29, 0.717) is 23.5 Å². The first kappa shape index (κ1) is 18.3. The van der Waals surface area contributed by atoms with E-state index in [9.17, 15) is 9.59 Å². The molecule has 3 aromatic rings. The van der Waals surface area contributed by atoms with Crippen molar-refractivity contribution in [2.75, 3.05) is 6.61 Å². The molecule has 0 saturated carbocycles. The molecule has 2 aromatic carbocycles. The summed E-state index contributed by atoms with van der Waals surface area (Å²) in [7, 11) is 0. The van der Waals surface area contributed by atoms with E-state index in [2.05, 4.69) is 10.1 Å². The van der Waals surface area contributed by atoms with Crippen LogP contribution in [0, 0.1) is 0 Å². The lowest BCUT2D eigenvalue weighted by molar-refractivity contribution is 0.0319. The molecule has 1 aromatic heterocycles. The van der Waals surface area contributed by atoms with E-state index < -0.39 is 12.1 Å². The monoisotopic (exact) mass is 365 g/mol. The molecule has 0 bridgehead atoms. The summed E-state index contributed by atoms with van der Waals surface area (Å²) >= 11 is 0. The summed E-state index contributed by atoms with van der Waals surface area (Å²) in [6.45, 7) is 4.00. The van der Waals surface area contributed by atoms with E-state index in [1.165, 1.54) is 6.33 Å². The Morgan fingerprint density at radius 2 is 1.70 bits per heavy atom. The quantitative estimate of drug-likeness (QED) is 0.473. The van der Waals surface area contributed by atoms with Crippen LogP contribution in [-0.4, -0.2) is 39.2 Å². The first-order valence-corrected chi connectivity index (χ1v) is 8.51. The second kappa shape index (κ2) is 8.27. The van der Waals surface area contributed by atoms with Crippen LogP contribution in [0.15, 0.2) is 61.2 Å². The number of ketones is 1. The Bertz CT molecular complexity index is 903. The molecule has 0 unspecified atom stereocenters. The van der Waals surface area contributed by atoms with Crippen LogP contribution in [0.3, 0.4) is 0 Å². The summed E-state index contributed by atoms with van der Waals surface area (Å²) in [4.78, 5) is 28.6. The summed E-state index contributed by atoms with van der Waals surface area (Å²) < 4.78 is 12.2. The van der Waals surface area contributed by atoms with Crippen molar-refractivity contribution in [3.63, 3.8) is 0 Å². The van der Waals surface area contributed by atoms with Crippen LogP contribution in [0.4, 0.5) is 0 Å². The zero-order chi connectivity index (χ0) is 19.2. The standard InChI is InChI=1S/C20H19N3O4/c1-3-26-18-10-6-15(7-11-18)19(24)14(2)27-20(25)16-4-8-17(9-5-16)23-13-21-12-22-23/h4-14H,3H2,1-2H3/t14-/m1/s1. The van der Waals surface area contributed by atoms with Gasteiger partial charge in [0, 0.05) is 5.56 Å². The minimum Gasteiger partial charge on any atom is -0.494 e. The van der Waals surface area contributed by atoms with Crippen LogP contribution in [0.1, 0.15) is 34.6 Å². The summed E-state index contributed by atoms with van der Waals surface area (Å²) in [6.07, 6.45) is 2.09. The van der Waals surface area contributed by atoms with Crippen LogP contribution >= 0.6 is 0 Å². The minimum absolute atomic E-state index is 0.273. The van der Waals surface area contributed by atoms with Gasteiger partial charge in [0.1, 0.15) is 18.4 Å². The molecule has 0 amide bonds. The maximum Gasteiger partial charge on any atom is 0.338 e. The topological polar surface area (TPSA) is 83.3 Å². The molecule has 3 rings (SSSR count). The van der Waals surface area contributed by atoms with Crippen molar-refractivity contribution in [1.82, 2.24) is 14.8 Å². The number of hydrogen-bond acceptors (Lipinski definition) is 6. The highest BCUT2D eigenvalue weighted by molar-refractivity contribution is 6.01. The molecule has 0 aliphatic carbocycles. The number of carbonyl (C=O) groups is 2. The van der Waals surface area contributed by atoms with Crippen molar-refractivity contribution in [3.8, 4) is 11.4 Å². The van der Waals surface area contributed by atoms with Gasteiger partial charge >= 0.3 is 5.97 Å². The average Bonchev–Trinajstić information content (AvgIpc) is 3.23. The van der Waals surface area contributed by atoms with Crippen LogP contribution in [0.5, 0.6) is 5.75 Å². The smallest absolute Gasteiger partial charge is 0.338 e. The highest BCUT2D eigenvalue weighted by Crippen LogP contribution is 2.16. The highest BCUT2D eigenvalue weighted by atomic mass is 16.5. The summed E-state index contributed by atoms with van der Waals surface area (Å²) in [5.74, 6) is -0.149. The Labute approximate surface area is 156 Å². The average molecular weight is 365 g/mol. The zero-order valence-corrected chi connectivity index (χ0v) is 15.0. The normalized spacial score (nSPS) is 11.6. The second-order valence-electron chi connectivity index (χ2n) is 5.76. The van der Waals surface area contributed by atoms with Gasteiger partial charge < -0.3 is 9.47 Å². The molecule has 0 aliphatic heterocycles. The third kappa shape index (κ3) is 4.38. The molecule has 0 fully saturated rings. The van der Waals surface area contributed by atoms with Crippen molar-refractivity contribution in [3.05, 3.63) is 72.3 Å². The minimum atomic E-state index is -0.898. The fourth-order valence-corrected chi connectivity index (χ4v) is 2.49. The van der Waals surface area contributed by atoms with E-state index in [-0.39, 0.29) is 5.78 Å². The summed E-state index contributed by atoms with van der Waals surface area (Å²) in [6, 6.07) is 13.4. The van der Waals surface area contributed by atoms with Gasteiger partial charge in [-0.3, -0.25) is 4.79 Å². The van der Waals surface area contributed by atoms with E-state index in [0.717, 1.165) is 5.69 Å². The fraction of sp³-hybridized carbons (Fsp3) is 0.200. The molecule has 0 saturated heterocycles. The van der Waals surface area contributed by atoms with Crippen molar-refractivity contribution >= 4 is 11.8 Å². The van der Waals surface area contributed by atoms with Gasteiger partial charge in [0.15, 0.2) is 6.10 Å². The number of Topliss-reactive ketones (excluding diaryl/α,β-unsaturated/α-hetero) is 1. The molecule has 7 nitrogen and oxygen atoms in total. The molecule has 0 aliphatic rings. The van der Waals surface area contributed by atoms with Gasteiger partial charge in [-0.15, -0.1) is 0 Å². The van der Waals surface area contributed by atoms with Crippen molar-refractivity contribution in [2.24, 2.45) is 0 Å². The molecular weight excluding hydrogens is 346 g/mol. The van der Waals surface area contributed by atoms with Crippen LogP contribution < -0.4 is 4.74 Å². The van der Waals surface area contributed by atoms with Crippen LogP contribution in [-0.2, 0) is 4.74 Å². The van der Waals surface area contributed by atoms with Gasteiger partial charge in [0.2, 0.25) is 5.78 Å². The molecular formula is C20H19N3O4. The van der Waals surface area contributed by atoms with Crippen LogP contribution in [0.2, 0.25) is 0 Å². The predicted molar refractivity (Wildman–Crippen MR) is 98.2 cm³/mol. The van der Waals surface area contributed by atoms with Gasteiger partial charge in [-0.05, 0) is 62.4 Å². The molecule has 1 heterocycles. The molecule has 0 N–H and O–H groups in total. The lowest BCUT2D eigenvalue weighted by Crippen LogP contribution is -2.24. The van der Waals surface area contributed by atoms with E-state index >= 15 is 0 Å². The van der Waals surface area contributed by atoms with Gasteiger partial charge in [0.05, 0.1) is 17.9 Å². The van der Waals surface area contributed by atoms with Crippen molar-refractivity contribution in [2.45, 2.75) is 20.0 Å². The first-order chi connectivity index (χ1) is 13.1. The van der Waals surface area contributed by atoms with Crippen LogP contribution in [0.25, 0.3) is 5.69 Å². The predicted octanol–water partition coefficient (Wildman–Crippen LogP) is 3.09. The lowest BCUT2D eigenvalue weighted by Gasteiger charge is -2.13. The molecule has 1 atom stereocenters. The van der Waals surface area contributed by atoms with Gasteiger partial charge in [-0.2, -0.15) is 5.10 Å². The SMILES string of the molecule is CCOc1ccc(C(=O)[C@@H](C)OC(=O)c2ccc(-n3cncn3)cc2)cc1. The first-order valence-electron chi connectivity index (χ1n) is 8.51. The largest absolute Gasteiger partial charge is 0.494 e. The summed E-state index contributed by atoms with van der Waals surface area (Å²) in [5.41, 5.74) is 1.58. The number of esters is 1. The third-order valence-electron chi connectivity index (χ3n) is 3.89. The van der Waals surface area contributed by atoms with E-state index in [1.54, 1.807) is 66.5 Å². The number of hydrogen-bond donors (Lipinski definition) is 0. The highest BCUT2D eigenvalue weighted by Gasteiger charge is 2.20. The van der Waals surface area contributed by atoms with Gasteiger partial charge in [0.25, 0.3) is 0 Å². The van der Waals surface area contributed by atoms with Crippen molar-refractivity contribution in [1.29, 1.82) is 0 Å². The number of rotatable bonds is 7. The maximum atomic E-state index is 12.5. The van der Waals surface area contributed by atoms with Gasteiger partial charge in [-0.25, -0.2) is 14.5 Å². The number of nitrogens with zero attached hydrogens (tertiary/aromatic N) is 3. The third-order valence-corrected chi connectivity index (χ3v) is 3.89. The number of ether oxygens (including phenoxy) is 2. The zero-order valence-electron chi connectivity index (χ0n) is 15.0. The second-order valence-corrected chi connectivity index (χ2v) is 5.76. The Morgan fingerprint density at radius 3 is 2.30 bits per heavy atom. The molecule has 7 heteroatoms.